The van der Waals surface area contributed by atoms with Gasteiger partial charge in [-0.1, -0.05) is 17.7 Å². The molecule has 2 aromatic rings. The second-order valence-electron chi connectivity index (χ2n) is 3.95. The van der Waals surface area contributed by atoms with Gasteiger partial charge in [-0.25, -0.2) is 4.98 Å². The van der Waals surface area contributed by atoms with Gasteiger partial charge in [0.05, 0.1) is 6.33 Å². The van der Waals surface area contributed by atoms with Crippen molar-refractivity contribution in [2.75, 3.05) is 6.54 Å². The Morgan fingerprint density at radius 2 is 2.12 bits per heavy atom. The first kappa shape index (κ1) is 11.4. The van der Waals surface area contributed by atoms with E-state index in [9.17, 15) is 4.79 Å². The third-order valence-electron chi connectivity index (χ3n) is 2.55. The van der Waals surface area contributed by atoms with Crippen LogP contribution >= 0.6 is 0 Å². The number of imidazole rings is 1. The Hall–Kier alpha value is -2.10. The molecule has 2 N–H and O–H groups in total. The van der Waals surface area contributed by atoms with E-state index in [2.05, 4.69) is 15.3 Å². The van der Waals surface area contributed by atoms with E-state index in [1.165, 1.54) is 0 Å². The van der Waals surface area contributed by atoms with E-state index in [1.807, 2.05) is 31.2 Å². The zero-order valence-corrected chi connectivity index (χ0v) is 9.73. The molecule has 0 radical (unpaired) electrons. The van der Waals surface area contributed by atoms with Crippen LogP contribution in [0.2, 0.25) is 0 Å². The van der Waals surface area contributed by atoms with Crippen molar-refractivity contribution in [3.05, 3.63) is 53.6 Å². The summed E-state index contributed by atoms with van der Waals surface area (Å²) in [4.78, 5) is 18.7. The number of amides is 1. The molecule has 0 aliphatic rings. The second kappa shape index (κ2) is 5.30. The normalized spacial score (nSPS) is 10.2. The summed E-state index contributed by atoms with van der Waals surface area (Å²) in [5.41, 5.74) is 2.87. The summed E-state index contributed by atoms with van der Waals surface area (Å²) >= 11 is 0. The molecule has 0 aliphatic carbocycles. The van der Waals surface area contributed by atoms with Gasteiger partial charge in [-0.2, -0.15) is 0 Å². The number of carbonyl (C=O) groups excluding carboxylic acids is 1. The van der Waals surface area contributed by atoms with Gasteiger partial charge in [0.1, 0.15) is 0 Å². The van der Waals surface area contributed by atoms with Gasteiger partial charge in [0.15, 0.2) is 0 Å². The van der Waals surface area contributed by atoms with Gasteiger partial charge >= 0.3 is 0 Å². The Balaban J connectivity index is 1.83. The average Bonchev–Trinajstić information content (AvgIpc) is 2.83. The second-order valence-corrected chi connectivity index (χ2v) is 3.95. The molecule has 1 aromatic heterocycles. The molecular formula is C13H15N3O. The SMILES string of the molecule is Cc1ccc(C(=O)NCCc2cnc[nH]2)cc1. The fraction of sp³-hybridized carbons (Fsp3) is 0.231. The minimum atomic E-state index is -0.0375. The Kier molecular flexibility index (Phi) is 3.55. The van der Waals surface area contributed by atoms with Gasteiger partial charge in [0.25, 0.3) is 5.91 Å². The van der Waals surface area contributed by atoms with Crippen molar-refractivity contribution in [2.24, 2.45) is 0 Å². The molecule has 0 fully saturated rings. The number of aromatic amines is 1. The largest absolute Gasteiger partial charge is 0.352 e. The van der Waals surface area contributed by atoms with Gasteiger partial charge < -0.3 is 10.3 Å². The predicted molar refractivity (Wildman–Crippen MR) is 65.8 cm³/mol. The molecule has 88 valence electrons. The van der Waals surface area contributed by atoms with E-state index in [4.69, 9.17) is 0 Å². The van der Waals surface area contributed by atoms with Crippen molar-refractivity contribution >= 4 is 5.91 Å². The van der Waals surface area contributed by atoms with E-state index >= 15 is 0 Å². The van der Waals surface area contributed by atoms with Crippen LogP contribution in [0.25, 0.3) is 0 Å². The van der Waals surface area contributed by atoms with E-state index in [0.29, 0.717) is 12.1 Å². The summed E-state index contributed by atoms with van der Waals surface area (Å²) in [7, 11) is 0. The molecule has 1 heterocycles. The smallest absolute Gasteiger partial charge is 0.251 e. The van der Waals surface area contributed by atoms with Gasteiger partial charge in [0.2, 0.25) is 0 Å². The van der Waals surface area contributed by atoms with Crippen LogP contribution in [-0.4, -0.2) is 22.4 Å². The van der Waals surface area contributed by atoms with Crippen molar-refractivity contribution in [3.8, 4) is 0 Å². The van der Waals surface area contributed by atoms with Gasteiger partial charge in [-0.15, -0.1) is 0 Å². The number of carbonyl (C=O) groups is 1. The summed E-state index contributed by atoms with van der Waals surface area (Å²) in [6.07, 6.45) is 4.16. The first-order valence-corrected chi connectivity index (χ1v) is 5.58. The summed E-state index contributed by atoms with van der Waals surface area (Å²) in [5.74, 6) is -0.0375. The minimum absolute atomic E-state index is 0.0375. The molecule has 17 heavy (non-hydrogen) atoms. The van der Waals surface area contributed by atoms with Crippen LogP contribution in [0.3, 0.4) is 0 Å². The Morgan fingerprint density at radius 3 is 2.76 bits per heavy atom. The van der Waals surface area contributed by atoms with E-state index in [1.54, 1.807) is 12.5 Å². The topological polar surface area (TPSA) is 57.8 Å². The lowest BCUT2D eigenvalue weighted by molar-refractivity contribution is 0.0954. The quantitative estimate of drug-likeness (QED) is 0.838. The molecule has 1 aromatic carbocycles. The van der Waals surface area contributed by atoms with Crippen LogP contribution in [0.15, 0.2) is 36.8 Å². The fourth-order valence-corrected chi connectivity index (χ4v) is 1.54. The predicted octanol–water partition coefficient (Wildman–Crippen LogP) is 1.69. The Bertz CT molecular complexity index is 474. The van der Waals surface area contributed by atoms with Crippen molar-refractivity contribution in [1.82, 2.24) is 15.3 Å². The first-order valence-electron chi connectivity index (χ1n) is 5.58. The molecular weight excluding hydrogens is 214 g/mol. The molecule has 1 amide bonds. The average molecular weight is 229 g/mol. The Labute approximate surface area is 100 Å². The highest BCUT2D eigenvalue weighted by molar-refractivity contribution is 5.94. The maximum Gasteiger partial charge on any atom is 0.251 e. The summed E-state index contributed by atoms with van der Waals surface area (Å²) in [5, 5.41) is 2.87. The lowest BCUT2D eigenvalue weighted by atomic mass is 10.1. The van der Waals surface area contributed by atoms with Gasteiger partial charge in [-0.3, -0.25) is 4.79 Å². The lowest BCUT2D eigenvalue weighted by Crippen LogP contribution is -2.25. The monoisotopic (exact) mass is 229 g/mol. The van der Waals surface area contributed by atoms with Crippen molar-refractivity contribution < 1.29 is 4.79 Å². The molecule has 0 saturated heterocycles. The summed E-state index contributed by atoms with van der Waals surface area (Å²) in [6, 6.07) is 7.54. The molecule has 0 bridgehead atoms. The zero-order valence-electron chi connectivity index (χ0n) is 9.73. The van der Waals surface area contributed by atoms with Crippen molar-refractivity contribution in [1.29, 1.82) is 0 Å². The van der Waals surface area contributed by atoms with Crippen LogP contribution < -0.4 is 5.32 Å². The van der Waals surface area contributed by atoms with Crippen LogP contribution in [0.5, 0.6) is 0 Å². The maximum atomic E-state index is 11.7. The number of hydrogen-bond donors (Lipinski definition) is 2. The molecule has 0 aliphatic heterocycles. The standard InChI is InChI=1S/C13H15N3O/c1-10-2-4-11(5-3-10)13(17)15-7-6-12-8-14-9-16-12/h2-5,8-9H,6-7H2,1H3,(H,14,16)(H,15,17). The van der Waals surface area contributed by atoms with Crippen LogP contribution in [0, 0.1) is 6.92 Å². The molecule has 0 spiro atoms. The number of hydrogen-bond acceptors (Lipinski definition) is 2. The number of rotatable bonds is 4. The van der Waals surface area contributed by atoms with Crippen LogP contribution in [0.1, 0.15) is 21.6 Å². The van der Waals surface area contributed by atoms with Crippen molar-refractivity contribution in [2.45, 2.75) is 13.3 Å². The molecule has 4 nitrogen and oxygen atoms in total. The third kappa shape index (κ3) is 3.17. The molecule has 2 rings (SSSR count). The molecule has 0 saturated carbocycles. The fourth-order valence-electron chi connectivity index (χ4n) is 1.54. The van der Waals surface area contributed by atoms with Gasteiger partial charge in [0, 0.05) is 30.4 Å². The number of H-pyrrole nitrogens is 1. The highest BCUT2D eigenvalue weighted by Crippen LogP contribution is 2.02. The number of nitrogens with zero attached hydrogens (tertiary/aromatic N) is 1. The van der Waals surface area contributed by atoms with E-state index < -0.39 is 0 Å². The van der Waals surface area contributed by atoms with E-state index in [-0.39, 0.29) is 5.91 Å². The highest BCUT2D eigenvalue weighted by atomic mass is 16.1. The summed E-state index contributed by atoms with van der Waals surface area (Å²) in [6.45, 7) is 2.61. The highest BCUT2D eigenvalue weighted by Gasteiger charge is 2.04. The molecule has 4 heteroatoms. The maximum absolute atomic E-state index is 11.7. The third-order valence-corrected chi connectivity index (χ3v) is 2.55. The zero-order chi connectivity index (χ0) is 12.1. The summed E-state index contributed by atoms with van der Waals surface area (Å²) < 4.78 is 0. The minimum Gasteiger partial charge on any atom is -0.352 e. The van der Waals surface area contributed by atoms with E-state index in [0.717, 1.165) is 17.7 Å². The molecule has 0 atom stereocenters. The van der Waals surface area contributed by atoms with Crippen LogP contribution in [0.4, 0.5) is 0 Å². The lowest BCUT2D eigenvalue weighted by Gasteiger charge is -2.04. The van der Waals surface area contributed by atoms with Crippen LogP contribution in [-0.2, 0) is 6.42 Å². The first-order chi connectivity index (χ1) is 8.25. The number of aromatic nitrogens is 2. The van der Waals surface area contributed by atoms with Gasteiger partial charge in [-0.05, 0) is 19.1 Å². The number of nitrogens with one attached hydrogen (secondary N) is 2. The Morgan fingerprint density at radius 1 is 1.35 bits per heavy atom. The number of aryl methyl sites for hydroxylation is 1. The molecule has 0 unspecified atom stereocenters. The number of benzene rings is 1. The van der Waals surface area contributed by atoms with Crippen molar-refractivity contribution in [3.63, 3.8) is 0 Å².